The van der Waals surface area contributed by atoms with Gasteiger partial charge in [-0.05, 0) is 29.4 Å². The zero-order valence-electron chi connectivity index (χ0n) is 13.4. The summed E-state index contributed by atoms with van der Waals surface area (Å²) in [4.78, 5) is 0. The Hall–Kier alpha value is -1.02. The SMILES string of the molecule is CCOc1c(CO)cc(C(C)(C)C)cc1C(C)(C)C. The monoisotopic (exact) mass is 264 g/mol. The van der Waals surface area contributed by atoms with E-state index in [0.717, 1.165) is 11.3 Å². The van der Waals surface area contributed by atoms with Crippen LogP contribution in [0.4, 0.5) is 0 Å². The Balaban J connectivity index is 3.55. The van der Waals surface area contributed by atoms with E-state index in [1.807, 2.05) is 6.92 Å². The van der Waals surface area contributed by atoms with Gasteiger partial charge in [-0.2, -0.15) is 0 Å². The minimum Gasteiger partial charge on any atom is -0.493 e. The van der Waals surface area contributed by atoms with Crippen LogP contribution in [0.1, 0.15) is 65.2 Å². The molecule has 19 heavy (non-hydrogen) atoms. The van der Waals surface area contributed by atoms with Crippen LogP contribution >= 0.6 is 0 Å². The predicted molar refractivity (Wildman–Crippen MR) is 80.9 cm³/mol. The Bertz CT molecular complexity index is 434. The Morgan fingerprint density at radius 2 is 1.58 bits per heavy atom. The molecule has 2 nitrogen and oxygen atoms in total. The molecule has 0 radical (unpaired) electrons. The zero-order chi connectivity index (χ0) is 14.8. The van der Waals surface area contributed by atoms with Gasteiger partial charge in [-0.3, -0.25) is 0 Å². The highest BCUT2D eigenvalue weighted by Crippen LogP contribution is 2.38. The minimum absolute atomic E-state index is 0.00428. The summed E-state index contributed by atoms with van der Waals surface area (Å²) >= 11 is 0. The van der Waals surface area contributed by atoms with Crippen LogP contribution in [0.3, 0.4) is 0 Å². The van der Waals surface area contributed by atoms with E-state index in [2.05, 4.69) is 53.7 Å². The summed E-state index contributed by atoms with van der Waals surface area (Å²) in [5, 5.41) is 9.65. The number of rotatable bonds is 3. The molecule has 1 N–H and O–H groups in total. The van der Waals surface area contributed by atoms with Crippen molar-refractivity contribution >= 4 is 0 Å². The van der Waals surface area contributed by atoms with E-state index in [1.54, 1.807) is 0 Å². The van der Waals surface area contributed by atoms with Gasteiger partial charge in [-0.25, -0.2) is 0 Å². The molecule has 1 aromatic carbocycles. The number of benzene rings is 1. The van der Waals surface area contributed by atoms with Crippen molar-refractivity contribution in [3.63, 3.8) is 0 Å². The molecule has 108 valence electrons. The van der Waals surface area contributed by atoms with Gasteiger partial charge in [0.1, 0.15) is 5.75 Å². The largest absolute Gasteiger partial charge is 0.493 e. The average Bonchev–Trinajstić information content (AvgIpc) is 2.26. The number of hydrogen-bond donors (Lipinski definition) is 1. The highest BCUT2D eigenvalue weighted by Gasteiger charge is 2.25. The topological polar surface area (TPSA) is 29.5 Å². The lowest BCUT2D eigenvalue weighted by Crippen LogP contribution is -2.19. The van der Waals surface area contributed by atoms with Crippen molar-refractivity contribution in [1.82, 2.24) is 0 Å². The third-order valence-corrected chi connectivity index (χ3v) is 3.30. The lowest BCUT2D eigenvalue weighted by atomic mass is 9.79. The van der Waals surface area contributed by atoms with Crippen LogP contribution < -0.4 is 4.74 Å². The van der Waals surface area contributed by atoms with Crippen LogP contribution in [0.5, 0.6) is 5.75 Å². The van der Waals surface area contributed by atoms with Crippen molar-refractivity contribution in [3.8, 4) is 5.75 Å². The Kier molecular flexibility index (Phi) is 4.67. The van der Waals surface area contributed by atoms with Gasteiger partial charge in [0.2, 0.25) is 0 Å². The molecule has 0 atom stereocenters. The molecule has 0 unspecified atom stereocenters. The first kappa shape index (κ1) is 16.0. The molecular weight excluding hydrogens is 236 g/mol. The van der Waals surface area contributed by atoms with Crippen LogP contribution in [0.25, 0.3) is 0 Å². The molecule has 0 aromatic heterocycles. The zero-order valence-corrected chi connectivity index (χ0v) is 13.4. The van der Waals surface area contributed by atoms with E-state index in [9.17, 15) is 5.11 Å². The van der Waals surface area contributed by atoms with Gasteiger partial charge in [-0.1, -0.05) is 47.6 Å². The van der Waals surface area contributed by atoms with Crippen molar-refractivity contribution < 1.29 is 9.84 Å². The lowest BCUT2D eigenvalue weighted by molar-refractivity contribution is 0.264. The van der Waals surface area contributed by atoms with Crippen LogP contribution in [0.15, 0.2) is 12.1 Å². The second-order valence-electron chi connectivity index (χ2n) is 7.10. The van der Waals surface area contributed by atoms with Gasteiger partial charge >= 0.3 is 0 Å². The maximum Gasteiger partial charge on any atom is 0.128 e. The molecule has 0 amide bonds. The molecular formula is C17H28O2. The molecule has 0 fully saturated rings. The molecule has 0 spiro atoms. The summed E-state index contributed by atoms with van der Waals surface area (Å²) in [7, 11) is 0. The number of hydrogen-bond acceptors (Lipinski definition) is 2. The smallest absolute Gasteiger partial charge is 0.128 e. The first-order chi connectivity index (χ1) is 8.61. The molecule has 0 saturated carbocycles. The first-order valence-corrected chi connectivity index (χ1v) is 7.02. The quantitative estimate of drug-likeness (QED) is 0.887. The summed E-state index contributed by atoms with van der Waals surface area (Å²) in [5.41, 5.74) is 3.36. The summed E-state index contributed by atoms with van der Waals surface area (Å²) in [6.45, 7) is 15.7. The molecule has 0 aliphatic carbocycles. The van der Waals surface area contributed by atoms with Crippen molar-refractivity contribution in [1.29, 1.82) is 0 Å². The Morgan fingerprint density at radius 1 is 1.00 bits per heavy atom. The number of aliphatic hydroxyl groups is 1. The van der Waals surface area contributed by atoms with Gasteiger partial charge in [-0.15, -0.1) is 0 Å². The van der Waals surface area contributed by atoms with E-state index >= 15 is 0 Å². The molecule has 0 saturated heterocycles. The van der Waals surface area contributed by atoms with Crippen molar-refractivity contribution in [2.24, 2.45) is 0 Å². The Labute approximate surface area is 117 Å². The molecule has 0 bridgehead atoms. The van der Waals surface area contributed by atoms with E-state index < -0.39 is 0 Å². The van der Waals surface area contributed by atoms with Gasteiger partial charge in [0.15, 0.2) is 0 Å². The molecule has 1 aromatic rings. The van der Waals surface area contributed by atoms with E-state index in [4.69, 9.17) is 4.74 Å². The molecule has 2 heteroatoms. The lowest BCUT2D eigenvalue weighted by Gasteiger charge is -2.29. The Morgan fingerprint density at radius 3 is 1.95 bits per heavy atom. The number of ether oxygens (including phenoxy) is 1. The summed E-state index contributed by atoms with van der Waals surface area (Å²) < 4.78 is 5.79. The molecule has 0 heterocycles. The fourth-order valence-corrected chi connectivity index (χ4v) is 2.11. The normalized spacial score (nSPS) is 12.6. The minimum atomic E-state index is -0.00428. The van der Waals surface area contributed by atoms with Crippen LogP contribution in [0, 0.1) is 0 Å². The van der Waals surface area contributed by atoms with Crippen LogP contribution in [0.2, 0.25) is 0 Å². The number of aliphatic hydroxyl groups excluding tert-OH is 1. The molecule has 1 rings (SSSR count). The highest BCUT2D eigenvalue weighted by molar-refractivity contribution is 5.49. The summed E-state index contributed by atoms with van der Waals surface area (Å²) in [5.74, 6) is 0.852. The fraction of sp³-hybridized carbons (Fsp3) is 0.647. The van der Waals surface area contributed by atoms with E-state index in [0.29, 0.717) is 6.61 Å². The van der Waals surface area contributed by atoms with Gasteiger partial charge in [0.05, 0.1) is 13.2 Å². The third kappa shape index (κ3) is 3.73. The maximum atomic E-state index is 9.65. The van der Waals surface area contributed by atoms with Crippen molar-refractivity contribution in [2.45, 2.75) is 65.9 Å². The van der Waals surface area contributed by atoms with Gasteiger partial charge in [0, 0.05) is 11.1 Å². The van der Waals surface area contributed by atoms with E-state index in [1.165, 1.54) is 11.1 Å². The van der Waals surface area contributed by atoms with Gasteiger partial charge < -0.3 is 9.84 Å². The van der Waals surface area contributed by atoms with Gasteiger partial charge in [0.25, 0.3) is 0 Å². The third-order valence-electron chi connectivity index (χ3n) is 3.30. The standard InChI is InChI=1S/C17H28O2/c1-8-19-15-12(11-18)9-13(16(2,3)4)10-14(15)17(5,6)7/h9-10,18H,8,11H2,1-7H3. The average molecular weight is 264 g/mol. The van der Waals surface area contributed by atoms with Crippen LogP contribution in [-0.4, -0.2) is 11.7 Å². The second-order valence-corrected chi connectivity index (χ2v) is 7.10. The summed E-state index contributed by atoms with van der Waals surface area (Å²) in [6, 6.07) is 4.30. The van der Waals surface area contributed by atoms with Crippen molar-refractivity contribution in [3.05, 3.63) is 28.8 Å². The molecule has 0 aliphatic heterocycles. The fourth-order valence-electron chi connectivity index (χ4n) is 2.11. The van der Waals surface area contributed by atoms with E-state index in [-0.39, 0.29) is 17.4 Å². The molecule has 0 aliphatic rings. The summed E-state index contributed by atoms with van der Waals surface area (Å²) in [6.07, 6.45) is 0. The first-order valence-electron chi connectivity index (χ1n) is 7.02. The van der Waals surface area contributed by atoms with Crippen molar-refractivity contribution in [2.75, 3.05) is 6.61 Å². The predicted octanol–water partition coefficient (Wildman–Crippen LogP) is 4.17. The maximum absolute atomic E-state index is 9.65. The highest BCUT2D eigenvalue weighted by atomic mass is 16.5. The van der Waals surface area contributed by atoms with Crippen LogP contribution in [-0.2, 0) is 17.4 Å². The second kappa shape index (κ2) is 5.54.